The largest absolute Gasteiger partial charge is 0.383 e. The van der Waals surface area contributed by atoms with Gasteiger partial charge in [0, 0.05) is 21.5 Å². The third-order valence-electron chi connectivity index (χ3n) is 2.73. The molecule has 0 radical (unpaired) electrons. The van der Waals surface area contributed by atoms with E-state index >= 15 is 0 Å². The maximum Gasteiger partial charge on any atom is 0.116 e. The van der Waals surface area contributed by atoms with E-state index in [0.717, 1.165) is 16.4 Å². The van der Waals surface area contributed by atoms with Crippen molar-refractivity contribution < 1.29 is 5.11 Å². The Kier molecular flexibility index (Phi) is 2.11. The fraction of sp³-hybridized carbons (Fsp3) is 0.364. The van der Waals surface area contributed by atoms with Crippen molar-refractivity contribution in [2.45, 2.75) is 24.9 Å². The summed E-state index contributed by atoms with van der Waals surface area (Å²) in [4.78, 5) is 2.42. The Hall–Kier alpha value is -1.13. The molecule has 0 aliphatic heterocycles. The Morgan fingerprint density at radius 1 is 1.47 bits per heavy atom. The molecule has 1 fully saturated rings. The minimum atomic E-state index is -0.527. The molecular formula is C11H12N2OS. The Morgan fingerprint density at radius 2 is 2.33 bits per heavy atom. The lowest BCUT2D eigenvalue weighted by atomic mass is 10.2. The Balaban J connectivity index is 1.85. The lowest BCUT2D eigenvalue weighted by Crippen LogP contribution is -1.94. The van der Waals surface area contributed by atoms with E-state index in [0.29, 0.717) is 0 Å². The second kappa shape index (κ2) is 3.47. The van der Waals surface area contributed by atoms with Crippen LogP contribution in [0.4, 0.5) is 0 Å². The van der Waals surface area contributed by atoms with E-state index in [-0.39, 0.29) is 0 Å². The summed E-state index contributed by atoms with van der Waals surface area (Å²) in [6.07, 6.45) is 5.49. The van der Waals surface area contributed by atoms with E-state index in [1.54, 1.807) is 23.7 Å². The molecule has 0 aromatic carbocycles. The molecule has 3 rings (SSSR count). The highest BCUT2D eigenvalue weighted by Crippen LogP contribution is 2.44. The third kappa shape index (κ3) is 1.70. The van der Waals surface area contributed by atoms with Gasteiger partial charge in [0.2, 0.25) is 0 Å². The van der Waals surface area contributed by atoms with Crippen LogP contribution < -0.4 is 0 Å². The van der Waals surface area contributed by atoms with E-state index in [2.05, 4.69) is 16.3 Å². The second-order valence-corrected chi connectivity index (χ2v) is 5.10. The fourth-order valence-electron chi connectivity index (χ4n) is 1.68. The molecule has 1 saturated carbocycles. The van der Waals surface area contributed by atoms with Crippen LogP contribution in [-0.4, -0.2) is 15.3 Å². The third-order valence-corrected chi connectivity index (χ3v) is 4.03. The van der Waals surface area contributed by atoms with Crippen LogP contribution >= 0.6 is 11.3 Å². The monoisotopic (exact) mass is 220 g/mol. The predicted octanol–water partition coefficient (Wildman–Crippen LogP) is 2.43. The first-order valence-electron chi connectivity index (χ1n) is 5.11. The van der Waals surface area contributed by atoms with Gasteiger partial charge in [-0.3, -0.25) is 5.10 Å². The predicted molar refractivity (Wildman–Crippen MR) is 58.9 cm³/mol. The van der Waals surface area contributed by atoms with Crippen LogP contribution in [0.3, 0.4) is 0 Å². The summed E-state index contributed by atoms with van der Waals surface area (Å²) in [5.41, 5.74) is 0.833. The summed E-state index contributed by atoms with van der Waals surface area (Å²) >= 11 is 1.72. The zero-order valence-electron chi connectivity index (χ0n) is 8.18. The minimum Gasteiger partial charge on any atom is -0.383 e. The van der Waals surface area contributed by atoms with Gasteiger partial charge in [0.1, 0.15) is 6.10 Å². The number of thiophene rings is 1. The summed E-state index contributed by atoms with van der Waals surface area (Å²) in [6.45, 7) is 0. The van der Waals surface area contributed by atoms with Crippen molar-refractivity contribution in [1.29, 1.82) is 0 Å². The molecule has 2 aromatic rings. The molecule has 0 amide bonds. The SMILES string of the molecule is OC(c1cn[nH]c1)c1ccc(C2CC2)s1. The van der Waals surface area contributed by atoms with Gasteiger partial charge < -0.3 is 5.11 Å². The summed E-state index contributed by atoms with van der Waals surface area (Å²) in [7, 11) is 0. The molecule has 0 saturated heterocycles. The summed E-state index contributed by atoms with van der Waals surface area (Å²) in [5, 5.41) is 16.6. The zero-order valence-corrected chi connectivity index (χ0v) is 9.00. The first-order chi connectivity index (χ1) is 7.34. The molecule has 2 N–H and O–H groups in total. The summed E-state index contributed by atoms with van der Waals surface area (Å²) in [6, 6.07) is 4.16. The molecule has 0 bridgehead atoms. The average Bonchev–Trinajstić information content (AvgIpc) is 2.83. The number of H-pyrrole nitrogens is 1. The fourth-order valence-corrected chi connectivity index (χ4v) is 2.87. The van der Waals surface area contributed by atoms with Crippen molar-refractivity contribution in [2.75, 3.05) is 0 Å². The quantitative estimate of drug-likeness (QED) is 0.834. The standard InChI is InChI=1S/C11H12N2OS/c14-11(8-5-12-13-6-8)10-4-3-9(15-10)7-1-2-7/h3-7,11,14H,1-2H2,(H,12,13). The van der Waals surface area contributed by atoms with Crippen LogP contribution in [0.25, 0.3) is 0 Å². The van der Waals surface area contributed by atoms with Crippen molar-refractivity contribution in [3.05, 3.63) is 39.8 Å². The van der Waals surface area contributed by atoms with Crippen LogP contribution in [0, 0.1) is 0 Å². The van der Waals surface area contributed by atoms with E-state index in [9.17, 15) is 5.11 Å². The Morgan fingerprint density at radius 3 is 3.00 bits per heavy atom. The molecule has 4 heteroatoms. The molecule has 1 aliphatic carbocycles. The summed E-state index contributed by atoms with van der Waals surface area (Å²) in [5.74, 6) is 0.764. The van der Waals surface area contributed by atoms with Gasteiger partial charge in [-0.2, -0.15) is 5.10 Å². The number of nitrogens with zero attached hydrogens (tertiary/aromatic N) is 1. The van der Waals surface area contributed by atoms with Gasteiger partial charge in [0.15, 0.2) is 0 Å². The van der Waals surface area contributed by atoms with Gasteiger partial charge in [0.05, 0.1) is 6.20 Å². The second-order valence-electron chi connectivity index (χ2n) is 3.95. The molecule has 2 heterocycles. The number of nitrogens with one attached hydrogen (secondary N) is 1. The number of rotatable bonds is 3. The van der Waals surface area contributed by atoms with Crippen LogP contribution in [0.1, 0.15) is 40.2 Å². The van der Waals surface area contributed by atoms with Gasteiger partial charge in [-0.1, -0.05) is 0 Å². The van der Waals surface area contributed by atoms with Crippen molar-refractivity contribution in [2.24, 2.45) is 0 Å². The number of hydrogen-bond donors (Lipinski definition) is 2. The molecule has 3 nitrogen and oxygen atoms in total. The first kappa shape index (κ1) is 9.12. The lowest BCUT2D eigenvalue weighted by molar-refractivity contribution is 0.224. The first-order valence-corrected chi connectivity index (χ1v) is 5.92. The van der Waals surface area contributed by atoms with Crippen molar-refractivity contribution in [3.8, 4) is 0 Å². The van der Waals surface area contributed by atoms with Gasteiger partial charge in [0.25, 0.3) is 0 Å². The maximum absolute atomic E-state index is 10.0. The lowest BCUT2D eigenvalue weighted by Gasteiger charge is -2.04. The number of aromatic nitrogens is 2. The van der Waals surface area contributed by atoms with Gasteiger partial charge in [-0.15, -0.1) is 11.3 Å². The molecular weight excluding hydrogens is 208 g/mol. The Labute approximate surface area is 91.8 Å². The molecule has 78 valence electrons. The van der Waals surface area contributed by atoms with Crippen LogP contribution in [-0.2, 0) is 0 Å². The van der Waals surface area contributed by atoms with Crippen LogP contribution in [0.15, 0.2) is 24.5 Å². The molecule has 15 heavy (non-hydrogen) atoms. The molecule has 1 atom stereocenters. The van der Waals surface area contributed by atoms with E-state index in [1.807, 2.05) is 6.07 Å². The summed E-state index contributed by atoms with van der Waals surface area (Å²) < 4.78 is 0. The van der Waals surface area contributed by atoms with Gasteiger partial charge >= 0.3 is 0 Å². The van der Waals surface area contributed by atoms with E-state index in [4.69, 9.17) is 0 Å². The highest BCUT2D eigenvalue weighted by molar-refractivity contribution is 7.12. The Bertz CT molecular complexity index is 445. The maximum atomic E-state index is 10.0. The molecule has 0 spiro atoms. The van der Waals surface area contributed by atoms with Gasteiger partial charge in [-0.25, -0.2) is 0 Å². The number of hydrogen-bond acceptors (Lipinski definition) is 3. The molecule has 1 unspecified atom stereocenters. The van der Waals surface area contributed by atoms with Gasteiger partial charge in [-0.05, 0) is 30.9 Å². The normalized spacial score (nSPS) is 17.9. The van der Waals surface area contributed by atoms with Crippen molar-refractivity contribution in [3.63, 3.8) is 0 Å². The number of aliphatic hydroxyl groups is 1. The highest BCUT2D eigenvalue weighted by Gasteiger charge is 2.26. The number of aromatic amines is 1. The van der Waals surface area contributed by atoms with Crippen molar-refractivity contribution in [1.82, 2.24) is 10.2 Å². The smallest absolute Gasteiger partial charge is 0.116 e. The molecule has 2 aromatic heterocycles. The van der Waals surface area contributed by atoms with Crippen LogP contribution in [0.5, 0.6) is 0 Å². The number of aliphatic hydroxyl groups excluding tert-OH is 1. The zero-order chi connectivity index (χ0) is 10.3. The molecule has 1 aliphatic rings. The highest BCUT2D eigenvalue weighted by atomic mass is 32.1. The minimum absolute atomic E-state index is 0.527. The van der Waals surface area contributed by atoms with E-state index < -0.39 is 6.10 Å². The van der Waals surface area contributed by atoms with Crippen LogP contribution in [0.2, 0.25) is 0 Å². The van der Waals surface area contributed by atoms with E-state index in [1.165, 1.54) is 17.7 Å². The average molecular weight is 220 g/mol. The topological polar surface area (TPSA) is 48.9 Å². The van der Waals surface area contributed by atoms with Crippen molar-refractivity contribution >= 4 is 11.3 Å².